The third-order valence-corrected chi connectivity index (χ3v) is 3.08. The van der Waals surface area contributed by atoms with Gasteiger partial charge in [0.05, 0.1) is 5.60 Å². The van der Waals surface area contributed by atoms with Gasteiger partial charge in [-0.05, 0) is 42.9 Å². The highest BCUT2D eigenvalue weighted by Gasteiger charge is 2.27. The van der Waals surface area contributed by atoms with Crippen LogP contribution in [0.25, 0.3) is 0 Å². The molecule has 0 heterocycles. The van der Waals surface area contributed by atoms with E-state index in [1.165, 1.54) is 12.1 Å². The Balaban J connectivity index is 2.86. The molecule has 0 amide bonds. The Hall–Kier alpha value is -0.890. The van der Waals surface area contributed by atoms with Crippen molar-refractivity contribution in [2.24, 2.45) is 5.92 Å². The van der Waals surface area contributed by atoms with Crippen molar-refractivity contribution in [1.29, 1.82) is 0 Å². The van der Waals surface area contributed by atoms with Gasteiger partial charge in [-0.1, -0.05) is 32.9 Å². The third-order valence-electron chi connectivity index (χ3n) is 3.08. The van der Waals surface area contributed by atoms with Gasteiger partial charge in [-0.2, -0.15) is 0 Å². The van der Waals surface area contributed by atoms with E-state index in [1.807, 2.05) is 6.92 Å². The van der Waals surface area contributed by atoms with Gasteiger partial charge in [0.25, 0.3) is 0 Å². The molecular weight excluding hydrogens is 203 g/mol. The minimum Gasteiger partial charge on any atom is -0.385 e. The van der Waals surface area contributed by atoms with Crippen molar-refractivity contribution in [3.63, 3.8) is 0 Å². The third kappa shape index (κ3) is 3.31. The molecule has 0 aliphatic carbocycles. The van der Waals surface area contributed by atoms with E-state index in [0.29, 0.717) is 24.3 Å². The monoisotopic (exact) mass is 224 g/mol. The molecule has 0 fully saturated rings. The fourth-order valence-corrected chi connectivity index (χ4v) is 1.83. The summed E-state index contributed by atoms with van der Waals surface area (Å²) in [4.78, 5) is 0. The minimum atomic E-state index is -0.883. The van der Waals surface area contributed by atoms with Crippen molar-refractivity contribution < 1.29 is 9.50 Å². The summed E-state index contributed by atoms with van der Waals surface area (Å²) < 4.78 is 13.1. The first-order valence-electron chi connectivity index (χ1n) is 5.96. The first-order chi connectivity index (χ1) is 7.48. The number of benzene rings is 1. The summed E-state index contributed by atoms with van der Waals surface area (Å²) in [6.07, 6.45) is 2.24. The van der Waals surface area contributed by atoms with Gasteiger partial charge in [-0.15, -0.1) is 0 Å². The maximum Gasteiger partial charge on any atom is 0.123 e. The Morgan fingerprint density at radius 3 is 2.56 bits per heavy atom. The first-order valence-corrected chi connectivity index (χ1v) is 5.96. The topological polar surface area (TPSA) is 20.2 Å². The average molecular weight is 224 g/mol. The normalized spacial score (nSPS) is 15.1. The number of aliphatic hydroxyl groups is 1. The second kappa shape index (κ2) is 5.44. The van der Waals surface area contributed by atoms with Crippen LogP contribution in [0.4, 0.5) is 4.39 Å². The van der Waals surface area contributed by atoms with Crippen LogP contribution in [0.15, 0.2) is 24.3 Å². The molecular formula is C14H21FO. The van der Waals surface area contributed by atoms with E-state index in [-0.39, 0.29) is 5.82 Å². The molecule has 90 valence electrons. The Bertz CT molecular complexity index is 335. The van der Waals surface area contributed by atoms with E-state index in [9.17, 15) is 9.50 Å². The summed E-state index contributed by atoms with van der Waals surface area (Å²) in [6.45, 7) is 6.19. The van der Waals surface area contributed by atoms with Gasteiger partial charge in [0, 0.05) is 0 Å². The molecule has 0 aliphatic heterocycles. The van der Waals surface area contributed by atoms with Crippen LogP contribution < -0.4 is 0 Å². The zero-order valence-electron chi connectivity index (χ0n) is 10.3. The van der Waals surface area contributed by atoms with E-state index in [4.69, 9.17) is 0 Å². The number of rotatable bonds is 5. The molecule has 1 aromatic rings. The van der Waals surface area contributed by atoms with Gasteiger partial charge in [-0.3, -0.25) is 0 Å². The fraction of sp³-hybridized carbons (Fsp3) is 0.571. The van der Waals surface area contributed by atoms with Crippen molar-refractivity contribution in [1.82, 2.24) is 0 Å². The second-order valence-corrected chi connectivity index (χ2v) is 4.83. The number of halogens is 1. The van der Waals surface area contributed by atoms with Crippen molar-refractivity contribution >= 4 is 0 Å². The molecule has 1 rings (SSSR count). The van der Waals surface area contributed by atoms with Crippen LogP contribution in [0.2, 0.25) is 0 Å². The van der Waals surface area contributed by atoms with Crippen LogP contribution in [0.1, 0.15) is 45.6 Å². The Morgan fingerprint density at radius 1 is 1.38 bits per heavy atom. The van der Waals surface area contributed by atoms with Gasteiger partial charge in [-0.25, -0.2) is 4.39 Å². The van der Waals surface area contributed by atoms with E-state index in [0.717, 1.165) is 6.42 Å². The lowest BCUT2D eigenvalue weighted by Crippen LogP contribution is -2.25. The summed E-state index contributed by atoms with van der Waals surface area (Å²) in [6, 6.07) is 6.29. The Labute approximate surface area is 97.3 Å². The molecule has 0 aliphatic rings. The molecule has 0 saturated heterocycles. The summed E-state index contributed by atoms with van der Waals surface area (Å²) in [7, 11) is 0. The Kier molecular flexibility index (Phi) is 4.48. The highest BCUT2D eigenvalue weighted by atomic mass is 19.1. The molecule has 1 unspecified atom stereocenters. The zero-order chi connectivity index (χ0) is 12.2. The van der Waals surface area contributed by atoms with Crippen molar-refractivity contribution in [3.05, 3.63) is 35.6 Å². The molecule has 0 radical (unpaired) electrons. The van der Waals surface area contributed by atoms with Gasteiger partial charge in [0.15, 0.2) is 0 Å². The molecule has 0 aromatic heterocycles. The molecule has 0 spiro atoms. The molecule has 1 atom stereocenters. The van der Waals surface area contributed by atoms with Crippen LogP contribution in [-0.2, 0) is 5.60 Å². The van der Waals surface area contributed by atoms with E-state index in [2.05, 4.69) is 13.8 Å². The van der Waals surface area contributed by atoms with Crippen LogP contribution in [0.5, 0.6) is 0 Å². The van der Waals surface area contributed by atoms with Gasteiger partial charge >= 0.3 is 0 Å². The summed E-state index contributed by atoms with van der Waals surface area (Å²) in [5, 5.41) is 10.5. The number of hydrogen-bond donors (Lipinski definition) is 1. The van der Waals surface area contributed by atoms with Crippen molar-refractivity contribution in [2.45, 2.75) is 45.6 Å². The average Bonchev–Trinajstić information content (AvgIpc) is 2.26. The van der Waals surface area contributed by atoms with Crippen molar-refractivity contribution in [3.8, 4) is 0 Å². The van der Waals surface area contributed by atoms with Crippen LogP contribution >= 0.6 is 0 Å². The molecule has 0 bridgehead atoms. The highest BCUT2D eigenvalue weighted by Crippen LogP contribution is 2.31. The predicted molar refractivity (Wildman–Crippen MR) is 64.7 cm³/mol. The van der Waals surface area contributed by atoms with Crippen LogP contribution in [0, 0.1) is 11.7 Å². The number of hydrogen-bond acceptors (Lipinski definition) is 1. The highest BCUT2D eigenvalue weighted by molar-refractivity contribution is 5.23. The molecule has 1 N–H and O–H groups in total. The quantitative estimate of drug-likeness (QED) is 0.805. The lowest BCUT2D eigenvalue weighted by atomic mass is 9.85. The maximum absolute atomic E-state index is 13.1. The van der Waals surface area contributed by atoms with Crippen molar-refractivity contribution in [2.75, 3.05) is 0 Å². The standard InChI is InChI=1S/C14H21FO/c1-4-14(16,9-8-11(2)3)12-6-5-7-13(15)10-12/h5-7,10-11,16H,4,8-9H2,1-3H3. The van der Waals surface area contributed by atoms with E-state index < -0.39 is 5.60 Å². The SMILES string of the molecule is CCC(O)(CCC(C)C)c1cccc(F)c1. The molecule has 1 aromatic carbocycles. The van der Waals surface area contributed by atoms with Gasteiger partial charge < -0.3 is 5.11 Å². The molecule has 0 saturated carbocycles. The summed E-state index contributed by atoms with van der Waals surface area (Å²) in [5.74, 6) is 0.264. The Morgan fingerprint density at radius 2 is 2.06 bits per heavy atom. The summed E-state index contributed by atoms with van der Waals surface area (Å²) >= 11 is 0. The molecule has 16 heavy (non-hydrogen) atoms. The first kappa shape index (κ1) is 13.2. The molecule has 1 nitrogen and oxygen atoms in total. The smallest absolute Gasteiger partial charge is 0.123 e. The lowest BCUT2D eigenvalue weighted by Gasteiger charge is -2.28. The molecule has 2 heteroatoms. The largest absolute Gasteiger partial charge is 0.385 e. The van der Waals surface area contributed by atoms with E-state index in [1.54, 1.807) is 12.1 Å². The minimum absolute atomic E-state index is 0.283. The zero-order valence-corrected chi connectivity index (χ0v) is 10.3. The van der Waals surface area contributed by atoms with Gasteiger partial charge in [0.2, 0.25) is 0 Å². The second-order valence-electron chi connectivity index (χ2n) is 4.83. The van der Waals surface area contributed by atoms with Crippen LogP contribution in [0.3, 0.4) is 0 Å². The lowest BCUT2D eigenvalue weighted by molar-refractivity contribution is 0.0179. The maximum atomic E-state index is 13.1. The fourth-order valence-electron chi connectivity index (χ4n) is 1.83. The van der Waals surface area contributed by atoms with E-state index >= 15 is 0 Å². The summed E-state index contributed by atoms with van der Waals surface area (Å²) in [5.41, 5.74) is -0.192. The predicted octanol–water partition coefficient (Wildman–Crippen LogP) is 3.86. The van der Waals surface area contributed by atoms with Gasteiger partial charge in [0.1, 0.15) is 5.82 Å². The van der Waals surface area contributed by atoms with Crippen LogP contribution in [-0.4, -0.2) is 5.11 Å².